The average molecular weight is 426 g/mol. The third-order valence-electron chi connectivity index (χ3n) is 4.77. The van der Waals surface area contributed by atoms with Crippen LogP contribution >= 0.6 is 0 Å². The van der Waals surface area contributed by atoms with Gasteiger partial charge in [0.25, 0.3) is 5.82 Å². The highest BCUT2D eigenvalue weighted by Gasteiger charge is 2.11. The van der Waals surface area contributed by atoms with Crippen molar-refractivity contribution in [3.05, 3.63) is 48.2 Å². The van der Waals surface area contributed by atoms with Crippen LogP contribution in [0.1, 0.15) is 33.3 Å². The maximum absolute atomic E-state index is 5.76. The first kappa shape index (κ1) is 22.5. The monoisotopic (exact) mass is 425 g/mol. The second-order valence-corrected chi connectivity index (χ2v) is 6.96. The number of pyridine rings is 1. The summed E-state index contributed by atoms with van der Waals surface area (Å²) in [6.45, 7) is 11.1. The summed E-state index contributed by atoms with van der Waals surface area (Å²) in [6, 6.07) is 12.3. The molecule has 0 radical (unpaired) electrons. The van der Waals surface area contributed by atoms with Gasteiger partial charge in [0.2, 0.25) is 0 Å². The van der Waals surface area contributed by atoms with E-state index in [1.54, 1.807) is 0 Å². The normalized spacial score (nSPS) is 10.7. The molecule has 3 aromatic rings. The third-order valence-corrected chi connectivity index (χ3v) is 4.77. The molecule has 0 fully saturated rings. The van der Waals surface area contributed by atoms with Crippen molar-refractivity contribution in [1.82, 2.24) is 0 Å². The molecule has 2 aromatic carbocycles. The van der Waals surface area contributed by atoms with Crippen molar-refractivity contribution in [2.45, 2.75) is 34.1 Å². The molecule has 0 aliphatic heterocycles. The predicted molar refractivity (Wildman–Crippen MR) is 124 cm³/mol. The molecule has 1 aromatic heterocycles. The van der Waals surface area contributed by atoms with Crippen LogP contribution in [0.2, 0.25) is 0 Å². The van der Waals surface area contributed by atoms with E-state index in [-0.39, 0.29) is 0 Å². The number of benzene rings is 2. The molecule has 0 aliphatic rings. The molecule has 6 nitrogen and oxygen atoms in total. The van der Waals surface area contributed by atoms with E-state index in [1.807, 2.05) is 52.1 Å². The standard InChI is InChI=1S/C25H32N2O4/c1-5-28-21-10-9-18(13-22(21)29-6-2)11-12-26-25-16-19-14-23(30-7-3)24(31-8-4)15-20(19)17-27-25/h9-10,13-17H,5-8,11-12H2,1-4H3,(H,26,27)/p+1. The summed E-state index contributed by atoms with van der Waals surface area (Å²) in [4.78, 5) is 3.32. The lowest BCUT2D eigenvalue weighted by atomic mass is 10.1. The zero-order valence-electron chi connectivity index (χ0n) is 18.9. The summed E-state index contributed by atoms with van der Waals surface area (Å²) >= 11 is 0. The minimum absolute atomic E-state index is 0.599. The fourth-order valence-electron chi connectivity index (χ4n) is 3.43. The number of fused-ring (bicyclic) bond motifs is 1. The fraction of sp³-hybridized carbons (Fsp3) is 0.400. The van der Waals surface area contributed by atoms with Gasteiger partial charge in [-0.3, -0.25) is 5.32 Å². The van der Waals surface area contributed by atoms with Gasteiger partial charge in [0.1, 0.15) is 0 Å². The molecule has 2 N–H and O–H groups in total. The van der Waals surface area contributed by atoms with E-state index < -0.39 is 0 Å². The van der Waals surface area contributed by atoms with Crippen LogP contribution in [-0.2, 0) is 6.42 Å². The number of rotatable bonds is 12. The smallest absolute Gasteiger partial charge is 0.272 e. The lowest BCUT2D eigenvalue weighted by Crippen LogP contribution is -2.15. The van der Waals surface area contributed by atoms with Crippen LogP contribution in [0.15, 0.2) is 42.6 Å². The van der Waals surface area contributed by atoms with Gasteiger partial charge in [-0.1, -0.05) is 6.07 Å². The van der Waals surface area contributed by atoms with Crippen LogP contribution < -0.4 is 29.2 Å². The second-order valence-electron chi connectivity index (χ2n) is 6.96. The van der Waals surface area contributed by atoms with Gasteiger partial charge in [-0.15, -0.1) is 0 Å². The van der Waals surface area contributed by atoms with E-state index in [1.165, 1.54) is 5.56 Å². The zero-order chi connectivity index (χ0) is 22.1. The zero-order valence-corrected chi connectivity index (χ0v) is 18.9. The van der Waals surface area contributed by atoms with Crippen molar-refractivity contribution < 1.29 is 23.9 Å². The van der Waals surface area contributed by atoms with Crippen LogP contribution in [0.5, 0.6) is 23.0 Å². The fourth-order valence-corrected chi connectivity index (χ4v) is 3.43. The predicted octanol–water partition coefficient (Wildman–Crippen LogP) is 4.90. The summed E-state index contributed by atoms with van der Waals surface area (Å²) in [5, 5.41) is 5.63. The molecular weight excluding hydrogens is 392 g/mol. The van der Waals surface area contributed by atoms with Crippen LogP contribution in [0.25, 0.3) is 10.8 Å². The number of hydrogen-bond acceptors (Lipinski definition) is 5. The van der Waals surface area contributed by atoms with Gasteiger partial charge in [0.05, 0.1) is 39.2 Å². The minimum atomic E-state index is 0.599. The molecule has 166 valence electrons. The summed E-state index contributed by atoms with van der Waals surface area (Å²) in [7, 11) is 0. The van der Waals surface area contributed by atoms with Gasteiger partial charge in [0.15, 0.2) is 23.0 Å². The minimum Gasteiger partial charge on any atom is -0.490 e. The summed E-state index contributed by atoms with van der Waals surface area (Å²) in [5.41, 5.74) is 1.19. The topological polar surface area (TPSA) is 63.1 Å². The number of nitrogens with one attached hydrogen (secondary N) is 2. The van der Waals surface area contributed by atoms with Crippen molar-refractivity contribution in [1.29, 1.82) is 0 Å². The summed E-state index contributed by atoms with van der Waals surface area (Å²) < 4.78 is 22.8. The number of H-pyrrole nitrogens is 1. The van der Waals surface area contributed by atoms with Gasteiger partial charge in [-0.2, -0.15) is 0 Å². The first-order valence-corrected chi connectivity index (χ1v) is 11.1. The highest BCUT2D eigenvalue weighted by atomic mass is 16.5. The second kappa shape index (κ2) is 11.3. The molecule has 0 saturated heterocycles. The molecule has 0 bridgehead atoms. The maximum Gasteiger partial charge on any atom is 0.272 e. The van der Waals surface area contributed by atoms with E-state index in [4.69, 9.17) is 18.9 Å². The summed E-state index contributed by atoms with van der Waals surface area (Å²) in [5.74, 6) is 4.08. The van der Waals surface area contributed by atoms with Crippen LogP contribution in [0.4, 0.5) is 5.82 Å². The Balaban J connectivity index is 1.69. The first-order valence-electron chi connectivity index (χ1n) is 11.1. The van der Waals surface area contributed by atoms with Gasteiger partial charge >= 0.3 is 0 Å². The van der Waals surface area contributed by atoms with Crippen LogP contribution in [0.3, 0.4) is 0 Å². The Morgan fingerprint density at radius 3 is 1.90 bits per heavy atom. The third kappa shape index (κ3) is 5.94. The lowest BCUT2D eigenvalue weighted by Gasteiger charge is -2.12. The van der Waals surface area contributed by atoms with E-state index in [0.717, 1.165) is 52.6 Å². The van der Waals surface area contributed by atoms with Crippen LogP contribution in [0, 0.1) is 0 Å². The van der Waals surface area contributed by atoms with E-state index >= 15 is 0 Å². The molecule has 31 heavy (non-hydrogen) atoms. The average Bonchev–Trinajstić information content (AvgIpc) is 2.76. The largest absolute Gasteiger partial charge is 0.490 e. The van der Waals surface area contributed by atoms with Crippen molar-refractivity contribution >= 4 is 16.6 Å². The van der Waals surface area contributed by atoms with Gasteiger partial charge in [-0.05, 0) is 62.9 Å². The Hall–Kier alpha value is -3.15. The molecular formula is C25H33N2O4+. The molecule has 0 amide bonds. The summed E-state index contributed by atoms with van der Waals surface area (Å²) in [6.07, 6.45) is 2.85. The highest BCUT2D eigenvalue weighted by Crippen LogP contribution is 2.33. The van der Waals surface area contributed by atoms with Crippen molar-refractivity contribution in [3.63, 3.8) is 0 Å². The molecule has 0 unspecified atom stereocenters. The van der Waals surface area contributed by atoms with Crippen LogP contribution in [-0.4, -0.2) is 33.0 Å². The van der Waals surface area contributed by atoms with E-state index in [2.05, 4.69) is 28.5 Å². The first-order chi connectivity index (χ1) is 15.2. The maximum atomic E-state index is 5.76. The molecule has 1 heterocycles. The SMILES string of the molecule is CCOc1ccc(CCNc2cc3cc(OCC)c(OCC)cc3c[nH+]2)cc1OCC. The number of anilines is 1. The molecule has 6 heteroatoms. The molecule has 0 spiro atoms. The molecule has 3 rings (SSSR count). The molecule has 0 aliphatic carbocycles. The number of hydrogen-bond donors (Lipinski definition) is 1. The Labute approximate surface area is 184 Å². The van der Waals surface area contributed by atoms with Crippen molar-refractivity contribution in [3.8, 4) is 23.0 Å². The number of aromatic nitrogens is 1. The Bertz CT molecular complexity index is 991. The Kier molecular flexibility index (Phi) is 8.21. The Morgan fingerprint density at radius 2 is 1.26 bits per heavy atom. The number of ether oxygens (including phenoxy) is 4. The Morgan fingerprint density at radius 1 is 0.677 bits per heavy atom. The quantitative estimate of drug-likeness (QED) is 0.447. The van der Waals surface area contributed by atoms with Gasteiger partial charge in [0, 0.05) is 17.9 Å². The molecule has 0 atom stereocenters. The van der Waals surface area contributed by atoms with Gasteiger partial charge < -0.3 is 18.9 Å². The van der Waals surface area contributed by atoms with Crippen molar-refractivity contribution in [2.75, 3.05) is 38.3 Å². The number of aromatic amines is 1. The highest BCUT2D eigenvalue weighted by molar-refractivity contribution is 5.86. The van der Waals surface area contributed by atoms with Crippen molar-refractivity contribution in [2.24, 2.45) is 0 Å². The van der Waals surface area contributed by atoms with Gasteiger partial charge in [-0.25, -0.2) is 4.98 Å². The lowest BCUT2D eigenvalue weighted by molar-refractivity contribution is -0.359. The van der Waals surface area contributed by atoms with E-state index in [0.29, 0.717) is 26.4 Å². The molecule has 0 saturated carbocycles. The van der Waals surface area contributed by atoms with E-state index in [9.17, 15) is 0 Å².